The van der Waals surface area contributed by atoms with Gasteiger partial charge in [-0.1, -0.05) is 0 Å². The van der Waals surface area contributed by atoms with Crippen molar-refractivity contribution >= 4 is 6.29 Å². The fourth-order valence-electron chi connectivity index (χ4n) is 1.53. The molecule has 1 aliphatic rings. The van der Waals surface area contributed by atoms with Crippen molar-refractivity contribution in [1.29, 1.82) is 0 Å². The highest BCUT2D eigenvalue weighted by Crippen LogP contribution is 2.37. The summed E-state index contributed by atoms with van der Waals surface area (Å²) < 4.78 is 0. The maximum absolute atomic E-state index is 10.8. The van der Waals surface area contributed by atoms with Gasteiger partial charge in [0.15, 0.2) is 0 Å². The first kappa shape index (κ1) is 9.38. The maximum atomic E-state index is 10.8. The van der Waals surface area contributed by atoms with Gasteiger partial charge in [0.25, 0.3) is 0 Å². The van der Waals surface area contributed by atoms with E-state index >= 15 is 0 Å². The summed E-state index contributed by atoms with van der Waals surface area (Å²) in [4.78, 5) is 14.8. The second kappa shape index (κ2) is 3.91. The largest absolute Gasteiger partial charge is 0.303 e. The van der Waals surface area contributed by atoms with Crippen molar-refractivity contribution in [3.63, 3.8) is 0 Å². The molecule has 14 heavy (non-hydrogen) atoms. The molecule has 1 aliphatic carbocycles. The van der Waals surface area contributed by atoms with Crippen molar-refractivity contribution in [1.82, 2.24) is 4.98 Å². The number of carbonyl (C=O) groups excluding carboxylic acids is 1. The van der Waals surface area contributed by atoms with E-state index in [-0.39, 0.29) is 0 Å². The Balaban J connectivity index is 2.30. The monoisotopic (exact) mass is 184 g/mol. The second-order valence-electron chi connectivity index (χ2n) is 3.20. The first-order valence-corrected chi connectivity index (χ1v) is 4.45. The Hall–Kier alpha value is -1.18. The van der Waals surface area contributed by atoms with Gasteiger partial charge in [-0.25, -0.2) is 0 Å². The number of aldehydes is 1. The third kappa shape index (κ3) is 1.57. The predicted octanol–water partition coefficient (Wildman–Crippen LogP) is 1.71. The molecule has 1 aromatic rings. The third-order valence-corrected chi connectivity index (χ3v) is 2.31. The van der Waals surface area contributed by atoms with Crippen molar-refractivity contribution in [3.05, 3.63) is 60.7 Å². The fourth-order valence-corrected chi connectivity index (χ4v) is 1.53. The number of aryl methyl sites for hydroxylation is 1. The molecule has 0 saturated heterocycles. The molecule has 0 aliphatic heterocycles. The van der Waals surface area contributed by atoms with Crippen LogP contribution in [0.1, 0.15) is 11.1 Å². The summed E-state index contributed by atoms with van der Waals surface area (Å²) in [5.41, 5.74) is 2.16. The molecule has 2 nitrogen and oxygen atoms in total. The van der Waals surface area contributed by atoms with Crippen LogP contribution in [0.25, 0.3) is 0 Å². The van der Waals surface area contributed by atoms with Crippen molar-refractivity contribution in [2.45, 2.75) is 6.92 Å². The molecule has 1 saturated carbocycles. The summed E-state index contributed by atoms with van der Waals surface area (Å²) in [7, 11) is 0. The molecular weight excluding hydrogens is 174 g/mol. The highest BCUT2D eigenvalue weighted by atomic mass is 16.1. The molecular formula is C12H10NO. The normalized spacial score (nSPS) is 18.6. The number of hydrogen-bond acceptors (Lipinski definition) is 2. The summed E-state index contributed by atoms with van der Waals surface area (Å²) in [6.45, 7) is 2.01. The van der Waals surface area contributed by atoms with E-state index < -0.39 is 0 Å². The van der Waals surface area contributed by atoms with E-state index in [1.165, 1.54) is 0 Å². The first-order chi connectivity index (χ1) is 6.83. The molecule has 1 aromatic heterocycles. The minimum atomic E-state index is 0.723. The number of aromatic nitrogens is 1. The lowest BCUT2D eigenvalue weighted by Crippen LogP contribution is -2.08. The van der Waals surface area contributed by atoms with Gasteiger partial charge in [0.2, 0.25) is 0 Å². The van der Waals surface area contributed by atoms with E-state index in [0.717, 1.165) is 29.2 Å². The zero-order valence-electron chi connectivity index (χ0n) is 7.90. The molecule has 1 heterocycles. The van der Waals surface area contributed by atoms with E-state index in [9.17, 15) is 4.79 Å². The van der Waals surface area contributed by atoms with Crippen LogP contribution in [0.4, 0.5) is 0 Å². The number of nitrogens with zero attached hydrogens (tertiary/aromatic N) is 1. The molecule has 5 radical (unpaired) electrons. The standard InChI is InChI=1S/C12H10NO/c1-9-5-6-13-7-12(9)11-4-2-3-10(11)8-14/h2-8H,1H3. The van der Waals surface area contributed by atoms with Crippen molar-refractivity contribution in [3.8, 4) is 0 Å². The van der Waals surface area contributed by atoms with Gasteiger partial charge in [-0.15, -0.1) is 0 Å². The molecule has 0 spiro atoms. The van der Waals surface area contributed by atoms with Crippen molar-refractivity contribution in [2.24, 2.45) is 0 Å². The molecule has 2 heteroatoms. The van der Waals surface area contributed by atoms with Crippen LogP contribution in [0.2, 0.25) is 0 Å². The van der Waals surface area contributed by atoms with E-state index in [1.54, 1.807) is 12.4 Å². The van der Waals surface area contributed by atoms with E-state index in [1.807, 2.05) is 32.3 Å². The molecule has 0 amide bonds. The summed E-state index contributed by atoms with van der Waals surface area (Å²) in [6.07, 6.45) is 10.1. The van der Waals surface area contributed by atoms with Crippen LogP contribution in [0.15, 0.2) is 18.5 Å². The van der Waals surface area contributed by atoms with Crippen molar-refractivity contribution in [2.75, 3.05) is 0 Å². The van der Waals surface area contributed by atoms with Gasteiger partial charge in [0, 0.05) is 18.3 Å². The minimum absolute atomic E-state index is 0.723. The molecule has 0 unspecified atom stereocenters. The second-order valence-corrected chi connectivity index (χ2v) is 3.20. The average molecular weight is 184 g/mol. The zero-order valence-corrected chi connectivity index (χ0v) is 7.90. The van der Waals surface area contributed by atoms with Gasteiger partial charge >= 0.3 is 0 Å². The zero-order chi connectivity index (χ0) is 9.97. The molecule has 0 N–H and O–H groups in total. The van der Waals surface area contributed by atoms with E-state index in [0.29, 0.717) is 0 Å². The minimum Gasteiger partial charge on any atom is -0.303 e. The van der Waals surface area contributed by atoms with Crippen LogP contribution in [0.3, 0.4) is 0 Å². The fraction of sp³-hybridized carbons (Fsp3) is 0.0833. The lowest BCUT2D eigenvalue weighted by molar-refractivity contribution is -0.105. The molecule has 0 bridgehead atoms. The van der Waals surface area contributed by atoms with Crippen LogP contribution in [0, 0.1) is 38.0 Å². The Morgan fingerprint density at radius 3 is 2.93 bits per heavy atom. The Labute approximate surface area is 84.4 Å². The van der Waals surface area contributed by atoms with E-state index in [4.69, 9.17) is 0 Å². The third-order valence-electron chi connectivity index (χ3n) is 2.31. The van der Waals surface area contributed by atoms with Crippen LogP contribution in [0.5, 0.6) is 0 Å². The Bertz CT molecular complexity index is 335. The molecule has 69 valence electrons. The molecule has 1 fully saturated rings. The maximum Gasteiger partial charge on any atom is 0.128 e. The summed E-state index contributed by atoms with van der Waals surface area (Å²) in [6, 6.07) is 1.94. The van der Waals surface area contributed by atoms with Gasteiger partial charge in [0.1, 0.15) is 6.29 Å². The van der Waals surface area contributed by atoms with Crippen LogP contribution >= 0.6 is 0 Å². The number of carbonyl (C=O) groups is 1. The van der Waals surface area contributed by atoms with Gasteiger partial charge in [0.05, 0.1) is 5.92 Å². The Morgan fingerprint density at radius 1 is 1.36 bits per heavy atom. The highest BCUT2D eigenvalue weighted by Gasteiger charge is 2.31. The van der Waals surface area contributed by atoms with Gasteiger partial charge in [-0.05, 0) is 43.4 Å². The SMILES string of the molecule is Cc1ccncc1[C]1[CH][CH][CH][C]1C=O. The summed E-state index contributed by atoms with van der Waals surface area (Å²) in [5, 5.41) is 0. The van der Waals surface area contributed by atoms with Gasteiger partial charge in [-0.2, -0.15) is 0 Å². The van der Waals surface area contributed by atoms with Gasteiger partial charge < -0.3 is 4.79 Å². The first-order valence-electron chi connectivity index (χ1n) is 4.45. The lowest BCUT2D eigenvalue weighted by atomic mass is 9.88. The topological polar surface area (TPSA) is 30.0 Å². The predicted molar refractivity (Wildman–Crippen MR) is 53.5 cm³/mol. The smallest absolute Gasteiger partial charge is 0.128 e. The highest BCUT2D eigenvalue weighted by molar-refractivity contribution is 5.84. The number of pyridine rings is 1. The quantitative estimate of drug-likeness (QED) is 0.655. The number of rotatable bonds is 2. The molecule has 0 aromatic carbocycles. The summed E-state index contributed by atoms with van der Waals surface area (Å²) >= 11 is 0. The summed E-state index contributed by atoms with van der Waals surface area (Å²) in [5.74, 6) is 1.69. The van der Waals surface area contributed by atoms with Crippen molar-refractivity contribution < 1.29 is 4.79 Å². The van der Waals surface area contributed by atoms with Crippen LogP contribution < -0.4 is 0 Å². The lowest BCUT2D eigenvalue weighted by Gasteiger charge is -2.14. The van der Waals surface area contributed by atoms with Crippen LogP contribution in [-0.4, -0.2) is 11.3 Å². The Morgan fingerprint density at radius 2 is 2.21 bits per heavy atom. The molecule has 2 rings (SSSR count). The Kier molecular flexibility index (Phi) is 2.62. The molecule has 0 atom stereocenters. The van der Waals surface area contributed by atoms with Gasteiger partial charge in [-0.3, -0.25) is 4.98 Å². The van der Waals surface area contributed by atoms with E-state index in [2.05, 4.69) is 4.98 Å². The number of hydrogen-bond donors (Lipinski definition) is 0. The average Bonchev–Trinajstić information content (AvgIpc) is 2.66. The van der Waals surface area contributed by atoms with Crippen LogP contribution in [-0.2, 0) is 4.79 Å².